The molecule has 0 aromatic carbocycles. The second-order valence-electron chi connectivity index (χ2n) is 0. The summed E-state index contributed by atoms with van der Waals surface area (Å²) in [5.74, 6) is 0. The maximum absolute atomic E-state index is 0. The maximum Gasteiger partial charge on any atom is 3.00 e. The van der Waals surface area contributed by atoms with E-state index in [0.29, 0.717) is 0 Å². The quantitative estimate of drug-likeness (QED) is 0.267. The molecule has 0 aliphatic rings. The summed E-state index contributed by atoms with van der Waals surface area (Å²) in [7, 11) is 0. The molecular formula is F4InLi. The second-order valence-corrected chi connectivity index (χ2v) is 0. The molecule has 0 saturated carbocycles. The van der Waals surface area contributed by atoms with Crippen LogP contribution in [0.4, 0.5) is 0 Å². The van der Waals surface area contributed by atoms with Crippen LogP contribution in [0, 0.1) is 0 Å². The van der Waals surface area contributed by atoms with Crippen molar-refractivity contribution in [2.24, 2.45) is 0 Å². The molecule has 0 fully saturated rings. The number of hydrogen-bond acceptors (Lipinski definition) is 0. The Balaban J connectivity index is 0. The van der Waals surface area contributed by atoms with Crippen molar-refractivity contribution in [1.29, 1.82) is 0 Å². The molecular weight excluding hydrogens is 198 g/mol. The fourth-order valence-electron chi connectivity index (χ4n) is 0. The molecule has 0 heterocycles. The van der Waals surface area contributed by atoms with E-state index >= 15 is 0 Å². The van der Waals surface area contributed by atoms with Gasteiger partial charge in [0, 0.05) is 0 Å². The van der Waals surface area contributed by atoms with E-state index in [1.54, 1.807) is 0 Å². The van der Waals surface area contributed by atoms with E-state index in [1.165, 1.54) is 0 Å². The van der Waals surface area contributed by atoms with Crippen molar-refractivity contribution in [3.63, 3.8) is 0 Å². The fraction of sp³-hybridized carbons (Fsp3) is 0. The van der Waals surface area contributed by atoms with Gasteiger partial charge in [0.25, 0.3) is 0 Å². The van der Waals surface area contributed by atoms with Crippen LogP contribution in [0.3, 0.4) is 0 Å². The molecule has 0 nitrogen and oxygen atoms in total. The molecule has 0 N–H and O–H groups in total. The van der Waals surface area contributed by atoms with Crippen LogP contribution >= 0.6 is 0 Å². The Kier molecular flexibility index (Phi) is 3840. The molecule has 6 heteroatoms. The van der Waals surface area contributed by atoms with Gasteiger partial charge in [-0.2, -0.15) is 0 Å². The number of rotatable bonds is 0. The summed E-state index contributed by atoms with van der Waals surface area (Å²) < 4.78 is 0. The molecule has 0 unspecified atom stereocenters. The Morgan fingerprint density at radius 2 is 0.500 bits per heavy atom. The minimum atomic E-state index is 0. The fourth-order valence-corrected chi connectivity index (χ4v) is 0. The van der Waals surface area contributed by atoms with Gasteiger partial charge in [-0.25, -0.2) is 0 Å². The van der Waals surface area contributed by atoms with Gasteiger partial charge in [0.15, 0.2) is 0 Å². The predicted octanol–water partition coefficient (Wildman–Crippen LogP) is -15.4. The first-order valence-corrected chi connectivity index (χ1v) is 0. The summed E-state index contributed by atoms with van der Waals surface area (Å²) >= 11 is 0. The van der Waals surface area contributed by atoms with Gasteiger partial charge in [-0.1, -0.05) is 0 Å². The average molecular weight is 198 g/mol. The van der Waals surface area contributed by atoms with Gasteiger partial charge in [-0.05, 0) is 0 Å². The number of halogens is 4. The standard InChI is InChI=1S/4FH.In.Li/h4*1H;;/q;;;;+3;+1/p-4. The van der Waals surface area contributed by atoms with Gasteiger partial charge in [-0.3, -0.25) is 0 Å². The van der Waals surface area contributed by atoms with Gasteiger partial charge in [0.2, 0.25) is 0 Å². The minimum absolute atomic E-state index is 0. The molecule has 0 spiro atoms. The van der Waals surface area contributed by atoms with Crippen molar-refractivity contribution in [2.45, 2.75) is 0 Å². The van der Waals surface area contributed by atoms with Crippen molar-refractivity contribution in [1.82, 2.24) is 0 Å². The molecule has 0 aromatic heterocycles. The van der Waals surface area contributed by atoms with Gasteiger partial charge in [0.1, 0.15) is 0 Å². The molecule has 0 radical (unpaired) electrons. The largest absolute Gasteiger partial charge is 3.00 e. The van der Waals surface area contributed by atoms with E-state index in [2.05, 4.69) is 0 Å². The van der Waals surface area contributed by atoms with Gasteiger partial charge in [0.05, 0.1) is 0 Å². The summed E-state index contributed by atoms with van der Waals surface area (Å²) in [6, 6.07) is 0. The molecule has 0 atom stereocenters. The Morgan fingerprint density at radius 3 is 0.500 bits per heavy atom. The van der Waals surface area contributed by atoms with E-state index in [-0.39, 0.29) is 63.5 Å². The average Bonchev–Trinajstić information content (AvgIpc) is 0. The maximum atomic E-state index is 0. The summed E-state index contributed by atoms with van der Waals surface area (Å²) in [6.07, 6.45) is 0. The minimum Gasteiger partial charge on any atom is -1.00 e. The third kappa shape index (κ3) is 64.5. The number of hydrogen-bond donors (Lipinski definition) is 0. The smallest absolute Gasteiger partial charge is 1.00 e. The normalized spacial score (nSPS) is 0. The van der Waals surface area contributed by atoms with E-state index in [1.807, 2.05) is 0 Å². The third-order valence-electron chi connectivity index (χ3n) is 0. The van der Waals surface area contributed by atoms with E-state index in [4.69, 9.17) is 0 Å². The molecule has 0 aliphatic carbocycles. The molecule has 0 amide bonds. The zero-order chi connectivity index (χ0) is 0. The first kappa shape index (κ1) is 195. The molecule has 32 valence electrons. The summed E-state index contributed by atoms with van der Waals surface area (Å²) in [5.41, 5.74) is 0. The summed E-state index contributed by atoms with van der Waals surface area (Å²) in [4.78, 5) is 0. The SMILES string of the molecule is [F-].[F-].[F-].[F-].[In+3].[Li+]. The van der Waals surface area contributed by atoms with Crippen LogP contribution in [-0.2, 0) is 0 Å². The molecule has 0 saturated heterocycles. The Hall–Kier alpha value is 1.19. The van der Waals surface area contributed by atoms with Crippen LogP contribution < -0.4 is 37.7 Å². The Labute approximate surface area is 63.5 Å². The molecule has 0 aromatic rings. The zero-order valence-corrected chi connectivity index (χ0v) is 6.38. The van der Waals surface area contributed by atoms with Crippen molar-refractivity contribution >= 4 is 25.8 Å². The van der Waals surface area contributed by atoms with E-state index in [0.717, 1.165) is 0 Å². The van der Waals surface area contributed by atoms with Crippen LogP contribution in [0.1, 0.15) is 0 Å². The van der Waals surface area contributed by atoms with Gasteiger partial charge < -0.3 is 18.8 Å². The summed E-state index contributed by atoms with van der Waals surface area (Å²) in [6.45, 7) is 0. The monoisotopic (exact) mass is 198 g/mol. The van der Waals surface area contributed by atoms with Gasteiger partial charge in [-0.15, -0.1) is 0 Å². The molecule has 0 rings (SSSR count). The molecule has 0 aliphatic heterocycles. The first-order chi connectivity index (χ1) is 0. The topological polar surface area (TPSA) is 0 Å². The van der Waals surface area contributed by atoms with Crippen LogP contribution in [0.5, 0.6) is 0 Å². The van der Waals surface area contributed by atoms with E-state index < -0.39 is 0 Å². The third-order valence-corrected chi connectivity index (χ3v) is 0. The second kappa shape index (κ2) is 118. The predicted molar refractivity (Wildman–Crippen MR) is 5.75 cm³/mol. The van der Waals surface area contributed by atoms with Crippen LogP contribution in [0.2, 0.25) is 0 Å². The Bertz CT molecular complexity index is 7.51. The first-order valence-electron chi connectivity index (χ1n) is 0. The van der Waals surface area contributed by atoms with Crippen molar-refractivity contribution in [3.8, 4) is 0 Å². The molecule has 6 heavy (non-hydrogen) atoms. The molecule has 0 bridgehead atoms. The van der Waals surface area contributed by atoms with Crippen LogP contribution in [-0.4, -0.2) is 25.8 Å². The zero-order valence-electron chi connectivity index (χ0n) is 3.09. The van der Waals surface area contributed by atoms with Crippen LogP contribution in [0.25, 0.3) is 0 Å². The van der Waals surface area contributed by atoms with E-state index in [9.17, 15) is 0 Å². The van der Waals surface area contributed by atoms with Gasteiger partial charge >= 0.3 is 44.7 Å². The van der Waals surface area contributed by atoms with Crippen molar-refractivity contribution < 1.29 is 37.7 Å². The van der Waals surface area contributed by atoms with Crippen molar-refractivity contribution in [3.05, 3.63) is 0 Å². The van der Waals surface area contributed by atoms with Crippen LogP contribution in [0.15, 0.2) is 0 Å². The Morgan fingerprint density at radius 1 is 0.500 bits per heavy atom. The summed E-state index contributed by atoms with van der Waals surface area (Å²) in [5, 5.41) is 0. The van der Waals surface area contributed by atoms with Crippen molar-refractivity contribution in [2.75, 3.05) is 0 Å².